The van der Waals surface area contributed by atoms with E-state index in [2.05, 4.69) is 9.98 Å². The van der Waals surface area contributed by atoms with Gasteiger partial charge in [0.05, 0.1) is 34.2 Å². The van der Waals surface area contributed by atoms with Crippen LogP contribution in [0.4, 0.5) is 22.7 Å². The number of aliphatic imine (C=N–C) groups is 2. The van der Waals surface area contributed by atoms with Crippen LogP contribution in [0, 0.1) is 20.2 Å². The van der Waals surface area contributed by atoms with Crippen molar-refractivity contribution >= 4 is 35.2 Å². The van der Waals surface area contributed by atoms with Gasteiger partial charge in [0.25, 0.3) is 11.4 Å². The molecule has 0 unspecified atom stereocenters. The second kappa shape index (κ2) is 14.7. The van der Waals surface area contributed by atoms with Crippen LogP contribution in [0.5, 0.6) is 11.5 Å². The van der Waals surface area contributed by atoms with E-state index in [1.165, 1.54) is 24.6 Å². The first-order chi connectivity index (χ1) is 20.0. The van der Waals surface area contributed by atoms with E-state index < -0.39 is 9.85 Å². The van der Waals surface area contributed by atoms with Crippen LogP contribution in [0.1, 0.15) is 11.1 Å². The number of nitro benzene ring substituents is 2. The van der Waals surface area contributed by atoms with E-state index in [0.29, 0.717) is 47.2 Å². The highest BCUT2D eigenvalue weighted by Crippen LogP contribution is 2.28. The molecule has 0 N–H and O–H groups in total. The number of para-hydroxylation sites is 6. The summed E-state index contributed by atoms with van der Waals surface area (Å²) in [4.78, 5) is 30.3. The van der Waals surface area contributed by atoms with E-state index in [9.17, 15) is 20.2 Å². The minimum absolute atomic E-state index is 0.0279. The maximum atomic E-state index is 11.2. The molecule has 4 rings (SSSR count). The standard InChI is InChI=1S/C30H26N4O7/c35-33(36)27-13-5-1-9-23(27)21-31-25-11-3-7-15-29(25)40-19-17-39-18-20-41-30-16-8-4-12-26(30)32-22-24-10-2-6-14-28(24)34(37)38/h1-16,21-22H,17-20H2. The molecule has 4 aromatic carbocycles. The van der Waals surface area contributed by atoms with Crippen LogP contribution in [0.15, 0.2) is 107 Å². The summed E-state index contributed by atoms with van der Waals surface area (Å²) in [7, 11) is 0. The molecule has 208 valence electrons. The average Bonchev–Trinajstić information content (AvgIpc) is 2.99. The van der Waals surface area contributed by atoms with Gasteiger partial charge in [-0.1, -0.05) is 48.5 Å². The molecule has 0 aliphatic heterocycles. The summed E-state index contributed by atoms with van der Waals surface area (Å²) in [5, 5.41) is 22.5. The van der Waals surface area contributed by atoms with Gasteiger partial charge in [-0.3, -0.25) is 30.2 Å². The van der Waals surface area contributed by atoms with Gasteiger partial charge in [0.15, 0.2) is 0 Å². The molecule has 0 radical (unpaired) electrons. The number of hydrogen-bond donors (Lipinski definition) is 0. The summed E-state index contributed by atoms with van der Waals surface area (Å²) < 4.78 is 17.2. The third-order valence-corrected chi connectivity index (χ3v) is 5.65. The number of ether oxygens (including phenoxy) is 3. The molecule has 11 heteroatoms. The summed E-state index contributed by atoms with van der Waals surface area (Å²) in [6.07, 6.45) is 2.88. The summed E-state index contributed by atoms with van der Waals surface area (Å²) in [5.74, 6) is 1.04. The van der Waals surface area contributed by atoms with E-state index in [0.717, 1.165) is 0 Å². The highest BCUT2D eigenvalue weighted by Gasteiger charge is 2.12. The largest absolute Gasteiger partial charge is 0.489 e. The number of nitrogens with zero attached hydrogens (tertiary/aromatic N) is 4. The monoisotopic (exact) mass is 554 g/mol. The maximum Gasteiger partial charge on any atom is 0.278 e. The van der Waals surface area contributed by atoms with Gasteiger partial charge in [-0.2, -0.15) is 0 Å². The predicted octanol–water partition coefficient (Wildman–Crippen LogP) is 6.48. The number of nitro groups is 2. The van der Waals surface area contributed by atoms with Crippen molar-refractivity contribution in [3.05, 3.63) is 128 Å². The average molecular weight is 555 g/mol. The van der Waals surface area contributed by atoms with E-state index in [1.54, 1.807) is 72.8 Å². The normalized spacial score (nSPS) is 11.1. The maximum absolute atomic E-state index is 11.2. The second-order valence-electron chi connectivity index (χ2n) is 8.39. The van der Waals surface area contributed by atoms with E-state index in [1.807, 2.05) is 12.1 Å². The van der Waals surface area contributed by atoms with Crippen LogP contribution in [-0.4, -0.2) is 48.7 Å². The molecule has 0 fully saturated rings. The quantitative estimate of drug-likeness (QED) is 0.0752. The molecule has 0 heterocycles. The zero-order chi connectivity index (χ0) is 28.9. The second-order valence-corrected chi connectivity index (χ2v) is 8.39. The Morgan fingerprint density at radius 1 is 0.561 bits per heavy atom. The number of rotatable bonds is 14. The molecule has 0 saturated carbocycles. The Morgan fingerprint density at radius 3 is 1.39 bits per heavy atom. The lowest BCUT2D eigenvalue weighted by atomic mass is 10.2. The Morgan fingerprint density at radius 2 is 0.951 bits per heavy atom. The fourth-order valence-corrected chi connectivity index (χ4v) is 3.70. The van der Waals surface area contributed by atoms with Crippen LogP contribution in [0.3, 0.4) is 0 Å². The fraction of sp³-hybridized carbons (Fsp3) is 0.133. The first-order valence-corrected chi connectivity index (χ1v) is 12.6. The van der Waals surface area contributed by atoms with Crippen molar-refractivity contribution in [3.8, 4) is 11.5 Å². The van der Waals surface area contributed by atoms with Gasteiger partial charge >= 0.3 is 0 Å². The summed E-state index contributed by atoms with van der Waals surface area (Å²) in [6.45, 7) is 1.11. The van der Waals surface area contributed by atoms with Crippen molar-refractivity contribution in [1.82, 2.24) is 0 Å². The van der Waals surface area contributed by atoms with E-state index >= 15 is 0 Å². The van der Waals surface area contributed by atoms with Crippen molar-refractivity contribution in [2.45, 2.75) is 0 Å². The molecular formula is C30H26N4O7. The van der Waals surface area contributed by atoms with Crippen LogP contribution in [0.25, 0.3) is 0 Å². The zero-order valence-corrected chi connectivity index (χ0v) is 21.9. The molecule has 41 heavy (non-hydrogen) atoms. The van der Waals surface area contributed by atoms with Gasteiger partial charge in [0, 0.05) is 24.6 Å². The van der Waals surface area contributed by atoms with Gasteiger partial charge in [0.1, 0.15) is 36.1 Å². The van der Waals surface area contributed by atoms with Gasteiger partial charge in [-0.05, 0) is 36.4 Å². The van der Waals surface area contributed by atoms with Crippen LogP contribution in [-0.2, 0) is 4.74 Å². The molecule has 0 aliphatic rings. The fourth-order valence-electron chi connectivity index (χ4n) is 3.70. The van der Waals surface area contributed by atoms with Gasteiger partial charge in [-0.15, -0.1) is 0 Å². The summed E-state index contributed by atoms with van der Waals surface area (Å²) >= 11 is 0. The molecule has 4 aromatic rings. The first-order valence-electron chi connectivity index (χ1n) is 12.6. The highest BCUT2D eigenvalue weighted by molar-refractivity contribution is 5.88. The topological polar surface area (TPSA) is 139 Å². The molecule has 0 aliphatic carbocycles. The van der Waals surface area contributed by atoms with Crippen LogP contribution < -0.4 is 9.47 Å². The summed E-state index contributed by atoms with van der Waals surface area (Å²) in [5.41, 5.74) is 1.80. The lowest BCUT2D eigenvalue weighted by Crippen LogP contribution is -2.12. The van der Waals surface area contributed by atoms with Crippen molar-refractivity contribution < 1.29 is 24.1 Å². The Labute approximate surface area is 235 Å². The zero-order valence-electron chi connectivity index (χ0n) is 21.9. The minimum Gasteiger partial charge on any atom is -0.489 e. The SMILES string of the molecule is O=[N+]([O-])c1ccccc1C=Nc1ccccc1OCCOCCOc1ccccc1N=Cc1ccccc1[N+](=O)[O-]. The lowest BCUT2D eigenvalue weighted by Gasteiger charge is -2.11. The Balaban J connectivity index is 1.25. The van der Waals surface area contributed by atoms with E-state index in [-0.39, 0.29) is 24.6 Å². The Kier molecular flexibility index (Phi) is 10.2. The van der Waals surface area contributed by atoms with Crippen molar-refractivity contribution in [2.24, 2.45) is 9.98 Å². The molecule has 0 amide bonds. The van der Waals surface area contributed by atoms with Crippen LogP contribution in [0.2, 0.25) is 0 Å². The molecule has 0 spiro atoms. The lowest BCUT2D eigenvalue weighted by molar-refractivity contribution is -0.385. The Bertz CT molecular complexity index is 1440. The van der Waals surface area contributed by atoms with Crippen molar-refractivity contribution in [3.63, 3.8) is 0 Å². The minimum atomic E-state index is -0.449. The molecular weight excluding hydrogens is 528 g/mol. The molecule has 11 nitrogen and oxygen atoms in total. The number of hydrogen-bond acceptors (Lipinski definition) is 9. The smallest absolute Gasteiger partial charge is 0.278 e. The van der Waals surface area contributed by atoms with Crippen LogP contribution >= 0.6 is 0 Å². The first kappa shape index (κ1) is 28.6. The molecule has 0 atom stereocenters. The van der Waals surface area contributed by atoms with Gasteiger partial charge in [-0.25, -0.2) is 0 Å². The third-order valence-electron chi connectivity index (χ3n) is 5.65. The highest BCUT2D eigenvalue weighted by atomic mass is 16.6. The van der Waals surface area contributed by atoms with Crippen molar-refractivity contribution in [2.75, 3.05) is 26.4 Å². The summed E-state index contributed by atoms with van der Waals surface area (Å²) in [6, 6.07) is 27.0. The van der Waals surface area contributed by atoms with E-state index in [4.69, 9.17) is 14.2 Å². The number of benzene rings is 4. The Hall–Kier alpha value is -5.42. The van der Waals surface area contributed by atoms with Gasteiger partial charge < -0.3 is 14.2 Å². The van der Waals surface area contributed by atoms with Crippen molar-refractivity contribution in [1.29, 1.82) is 0 Å². The molecule has 0 saturated heterocycles. The third kappa shape index (κ3) is 8.28. The predicted molar refractivity (Wildman–Crippen MR) is 155 cm³/mol. The molecule has 0 aromatic heterocycles. The van der Waals surface area contributed by atoms with Gasteiger partial charge in [0.2, 0.25) is 0 Å². The molecule has 0 bridgehead atoms.